The number of hydrogen-bond donors (Lipinski definition) is 0. The van der Waals surface area contributed by atoms with Crippen LogP contribution in [0.4, 0.5) is 0 Å². The normalized spacial score (nSPS) is 11.2. The first-order valence-corrected chi connectivity index (χ1v) is 8.12. The fourth-order valence-electron chi connectivity index (χ4n) is 1.98. The Morgan fingerprint density at radius 3 is 2.78 bits per heavy atom. The smallest absolute Gasteiger partial charge is 0.280 e. The van der Waals surface area contributed by atoms with E-state index in [9.17, 15) is 4.79 Å². The number of thioether (sulfide) groups is 1. The van der Waals surface area contributed by atoms with Crippen LogP contribution in [0, 0.1) is 0 Å². The summed E-state index contributed by atoms with van der Waals surface area (Å²) in [4.78, 5) is 18.5. The maximum atomic E-state index is 12.2. The first-order chi connectivity index (χ1) is 11.3. The third kappa shape index (κ3) is 3.57. The Bertz CT molecular complexity index is 890. The highest BCUT2D eigenvalue weighted by Gasteiger charge is 2.04. The molecule has 3 aromatic rings. The van der Waals surface area contributed by atoms with Gasteiger partial charge in [-0.3, -0.25) is 4.79 Å². The van der Waals surface area contributed by atoms with Crippen LogP contribution in [-0.4, -0.2) is 27.5 Å². The van der Waals surface area contributed by atoms with E-state index >= 15 is 0 Å². The summed E-state index contributed by atoms with van der Waals surface area (Å²) < 4.78 is 1.14. The van der Waals surface area contributed by atoms with Crippen molar-refractivity contribution < 1.29 is 4.84 Å². The molecule has 116 valence electrons. The molecule has 23 heavy (non-hydrogen) atoms. The quantitative estimate of drug-likeness (QED) is 0.409. The minimum atomic E-state index is -0.255. The molecule has 0 atom stereocenters. The van der Waals surface area contributed by atoms with Gasteiger partial charge in [0.15, 0.2) is 0 Å². The van der Waals surface area contributed by atoms with Gasteiger partial charge < -0.3 is 4.84 Å². The van der Waals surface area contributed by atoms with E-state index in [1.54, 1.807) is 36.2 Å². The number of nitrogens with zero attached hydrogens (tertiary/aromatic N) is 4. The molecule has 1 heterocycles. The Kier molecular flexibility index (Phi) is 4.68. The second kappa shape index (κ2) is 7.06. The van der Waals surface area contributed by atoms with Crippen molar-refractivity contribution in [3.05, 3.63) is 64.4 Å². The van der Waals surface area contributed by atoms with Crippen molar-refractivity contribution in [2.45, 2.75) is 11.6 Å². The second-order valence-electron chi connectivity index (χ2n) is 4.68. The van der Waals surface area contributed by atoms with E-state index in [1.807, 2.05) is 36.6 Å². The van der Waals surface area contributed by atoms with E-state index in [1.165, 1.54) is 4.90 Å². The van der Waals surface area contributed by atoms with Gasteiger partial charge in [0, 0.05) is 4.90 Å². The molecule has 0 bridgehead atoms. The molecule has 0 radical (unpaired) electrons. The van der Waals surface area contributed by atoms with Crippen LogP contribution >= 0.6 is 11.8 Å². The summed E-state index contributed by atoms with van der Waals surface area (Å²) in [5.41, 5.74) is 1.22. The van der Waals surface area contributed by atoms with Crippen LogP contribution in [0.3, 0.4) is 0 Å². The number of benzene rings is 2. The van der Waals surface area contributed by atoms with Crippen molar-refractivity contribution >= 4 is 28.9 Å². The van der Waals surface area contributed by atoms with Crippen molar-refractivity contribution in [3.63, 3.8) is 0 Å². The van der Waals surface area contributed by atoms with Gasteiger partial charge in [-0.15, -0.1) is 16.9 Å². The summed E-state index contributed by atoms with van der Waals surface area (Å²) in [6.45, 7) is -0.0872. The molecule has 0 aliphatic heterocycles. The molecule has 0 spiro atoms. The Morgan fingerprint density at radius 1 is 1.22 bits per heavy atom. The monoisotopic (exact) mass is 326 g/mol. The highest BCUT2D eigenvalue weighted by molar-refractivity contribution is 7.98. The van der Waals surface area contributed by atoms with Gasteiger partial charge in [0.05, 0.1) is 11.6 Å². The summed E-state index contributed by atoms with van der Waals surface area (Å²) in [7, 11) is 0. The average Bonchev–Trinajstić information content (AvgIpc) is 2.61. The van der Waals surface area contributed by atoms with Gasteiger partial charge in [0.2, 0.25) is 6.73 Å². The molecule has 6 nitrogen and oxygen atoms in total. The summed E-state index contributed by atoms with van der Waals surface area (Å²) in [5.74, 6) is 0. The van der Waals surface area contributed by atoms with E-state index in [4.69, 9.17) is 4.84 Å². The van der Waals surface area contributed by atoms with Gasteiger partial charge in [0.1, 0.15) is 5.52 Å². The zero-order valence-corrected chi connectivity index (χ0v) is 13.2. The molecule has 0 unspecified atom stereocenters. The van der Waals surface area contributed by atoms with Crippen molar-refractivity contribution in [1.82, 2.24) is 15.0 Å². The molecule has 0 saturated heterocycles. The molecular weight excluding hydrogens is 312 g/mol. The average molecular weight is 326 g/mol. The molecule has 2 aromatic carbocycles. The highest BCUT2D eigenvalue weighted by Crippen LogP contribution is 2.13. The van der Waals surface area contributed by atoms with Crippen LogP contribution in [0.2, 0.25) is 0 Å². The van der Waals surface area contributed by atoms with Crippen LogP contribution in [0.1, 0.15) is 5.56 Å². The largest absolute Gasteiger partial charge is 0.372 e. The fourth-order valence-corrected chi connectivity index (χ4v) is 2.39. The molecule has 0 amide bonds. The number of aromatic nitrogens is 3. The Hall–Kier alpha value is -2.67. The topological polar surface area (TPSA) is 69.4 Å². The van der Waals surface area contributed by atoms with Crippen molar-refractivity contribution in [2.24, 2.45) is 5.16 Å². The van der Waals surface area contributed by atoms with E-state index in [2.05, 4.69) is 15.5 Å². The molecule has 0 aliphatic carbocycles. The third-order valence-corrected chi connectivity index (χ3v) is 3.95. The molecule has 0 saturated carbocycles. The third-order valence-electron chi connectivity index (χ3n) is 3.20. The summed E-state index contributed by atoms with van der Waals surface area (Å²) >= 11 is 1.68. The van der Waals surface area contributed by atoms with Crippen molar-refractivity contribution in [2.75, 3.05) is 6.26 Å². The van der Waals surface area contributed by atoms with Crippen molar-refractivity contribution in [3.8, 4) is 0 Å². The zero-order valence-electron chi connectivity index (χ0n) is 12.4. The van der Waals surface area contributed by atoms with Crippen LogP contribution in [0.15, 0.2) is 63.4 Å². The SMILES string of the molecule is CSc1ccc(/C=N/OCn2nnc3ccccc3c2=O)cc1. The van der Waals surface area contributed by atoms with Crippen LogP contribution in [-0.2, 0) is 11.6 Å². The highest BCUT2D eigenvalue weighted by atomic mass is 32.2. The lowest BCUT2D eigenvalue weighted by atomic mass is 10.2. The number of fused-ring (bicyclic) bond motifs is 1. The Labute approximate surface area is 136 Å². The number of hydrogen-bond acceptors (Lipinski definition) is 6. The standard InChI is InChI=1S/C16H14N4O2S/c1-23-13-8-6-12(7-9-13)10-17-22-11-20-16(21)14-4-2-3-5-15(14)18-19-20/h2-10H,11H2,1H3/b17-10+. The predicted molar refractivity (Wildman–Crippen MR) is 90.7 cm³/mol. The molecule has 0 N–H and O–H groups in total. The number of oxime groups is 1. The van der Waals surface area contributed by atoms with Crippen LogP contribution in [0.5, 0.6) is 0 Å². The van der Waals surface area contributed by atoms with E-state index in [0.29, 0.717) is 10.9 Å². The lowest BCUT2D eigenvalue weighted by Crippen LogP contribution is -2.24. The first-order valence-electron chi connectivity index (χ1n) is 6.90. The lowest BCUT2D eigenvalue weighted by molar-refractivity contribution is 0.0713. The molecular formula is C16H14N4O2S. The zero-order chi connectivity index (χ0) is 16.1. The summed E-state index contributed by atoms with van der Waals surface area (Å²) in [6, 6.07) is 14.9. The maximum Gasteiger partial charge on any atom is 0.280 e. The van der Waals surface area contributed by atoms with Gasteiger partial charge in [0.25, 0.3) is 5.56 Å². The van der Waals surface area contributed by atoms with E-state index in [-0.39, 0.29) is 12.3 Å². The molecule has 0 fully saturated rings. The van der Waals surface area contributed by atoms with Gasteiger partial charge in [-0.1, -0.05) is 34.6 Å². The minimum absolute atomic E-state index is 0.0872. The summed E-state index contributed by atoms with van der Waals surface area (Å²) in [5, 5.41) is 12.2. The second-order valence-corrected chi connectivity index (χ2v) is 5.56. The van der Waals surface area contributed by atoms with Gasteiger partial charge in [-0.2, -0.15) is 4.68 Å². The van der Waals surface area contributed by atoms with Crippen LogP contribution in [0.25, 0.3) is 10.9 Å². The van der Waals surface area contributed by atoms with Gasteiger partial charge in [-0.05, 0) is 36.1 Å². The van der Waals surface area contributed by atoms with Crippen LogP contribution < -0.4 is 5.56 Å². The minimum Gasteiger partial charge on any atom is -0.372 e. The molecule has 0 aliphatic rings. The maximum absolute atomic E-state index is 12.2. The molecule has 3 rings (SSSR count). The predicted octanol–water partition coefficient (Wildman–Crippen LogP) is 2.52. The molecule has 7 heteroatoms. The fraction of sp³-hybridized carbons (Fsp3) is 0.125. The van der Waals surface area contributed by atoms with Gasteiger partial charge >= 0.3 is 0 Å². The Balaban J connectivity index is 1.67. The van der Waals surface area contributed by atoms with E-state index < -0.39 is 0 Å². The number of rotatable bonds is 5. The van der Waals surface area contributed by atoms with Gasteiger partial charge in [-0.25, -0.2) is 0 Å². The lowest BCUT2D eigenvalue weighted by Gasteiger charge is -2.03. The summed E-state index contributed by atoms with van der Waals surface area (Å²) in [6.07, 6.45) is 3.61. The molecule has 1 aromatic heterocycles. The van der Waals surface area contributed by atoms with Crippen molar-refractivity contribution in [1.29, 1.82) is 0 Å². The van der Waals surface area contributed by atoms with E-state index in [0.717, 1.165) is 10.2 Å². The Morgan fingerprint density at radius 2 is 2.00 bits per heavy atom. The first kappa shape index (κ1) is 15.2.